The summed E-state index contributed by atoms with van der Waals surface area (Å²) in [6.45, 7) is 0.990. The molecule has 9 nitrogen and oxygen atoms in total. The molecular formula is C29H27N7O2. The molecule has 1 fully saturated rings. The molecule has 0 bridgehead atoms. The maximum absolute atomic E-state index is 12.8. The summed E-state index contributed by atoms with van der Waals surface area (Å²) in [4.78, 5) is 26.5. The molecule has 0 amide bonds. The Labute approximate surface area is 219 Å². The second-order valence-corrected chi connectivity index (χ2v) is 9.87. The highest BCUT2D eigenvalue weighted by Crippen LogP contribution is 2.25. The van der Waals surface area contributed by atoms with Crippen LogP contribution in [0.5, 0.6) is 5.75 Å². The molecule has 2 N–H and O–H groups in total. The summed E-state index contributed by atoms with van der Waals surface area (Å²) in [6, 6.07) is 17.1. The van der Waals surface area contributed by atoms with Crippen LogP contribution in [0.4, 0.5) is 0 Å². The van der Waals surface area contributed by atoms with Gasteiger partial charge in [-0.05, 0) is 61.4 Å². The molecule has 1 saturated carbocycles. The van der Waals surface area contributed by atoms with E-state index in [4.69, 9.17) is 10.5 Å². The minimum Gasteiger partial charge on any atom is -0.490 e. The summed E-state index contributed by atoms with van der Waals surface area (Å²) in [7, 11) is 0. The van der Waals surface area contributed by atoms with Crippen molar-refractivity contribution < 1.29 is 4.74 Å². The monoisotopic (exact) mass is 505 g/mol. The van der Waals surface area contributed by atoms with Gasteiger partial charge in [-0.2, -0.15) is 5.26 Å². The van der Waals surface area contributed by atoms with Crippen LogP contribution in [-0.2, 0) is 6.54 Å². The molecule has 38 heavy (non-hydrogen) atoms. The van der Waals surface area contributed by atoms with E-state index in [2.05, 4.69) is 21.0 Å². The predicted octanol–water partition coefficient (Wildman–Crippen LogP) is 3.92. The molecule has 0 unspecified atom stereocenters. The molecule has 9 heteroatoms. The van der Waals surface area contributed by atoms with Gasteiger partial charge in [0.15, 0.2) is 11.6 Å². The molecule has 0 aliphatic heterocycles. The summed E-state index contributed by atoms with van der Waals surface area (Å²) >= 11 is 0. The fourth-order valence-electron chi connectivity index (χ4n) is 5.06. The number of ether oxygens (including phenoxy) is 1. The van der Waals surface area contributed by atoms with Crippen molar-refractivity contribution in [3.05, 3.63) is 88.6 Å². The molecule has 2 aromatic carbocycles. The number of rotatable bonds is 6. The molecule has 0 spiro atoms. The number of hydrogen-bond acceptors (Lipinski definition) is 7. The normalized spacial score (nSPS) is 17.5. The van der Waals surface area contributed by atoms with Gasteiger partial charge in [-0.25, -0.2) is 15.0 Å². The third-order valence-electron chi connectivity index (χ3n) is 7.20. The molecule has 3 heterocycles. The number of imidazole rings is 1. The molecule has 1 aliphatic carbocycles. The topological polar surface area (TPSA) is 124 Å². The Balaban J connectivity index is 1.22. The highest BCUT2D eigenvalue weighted by Gasteiger charge is 2.19. The molecule has 190 valence electrons. The smallest absolute Gasteiger partial charge is 0.255 e. The van der Waals surface area contributed by atoms with Crippen LogP contribution in [0.15, 0.2) is 71.9 Å². The van der Waals surface area contributed by atoms with Crippen molar-refractivity contribution in [1.29, 1.82) is 5.26 Å². The second-order valence-electron chi connectivity index (χ2n) is 9.87. The minimum atomic E-state index is -0.156. The van der Waals surface area contributed by atoms with Crippen molar-refractivity contribution in [1.82, 2.24) is 23.9 Å². The zero-order valence-electron chi connectivity index (χ0n) is 20.8. The lowest BCUT2D eigenvalue weighted by Gasteiger charge is -2.25. The molecule has 0 atom stereocenters. The van der Waals surface area contributed by atoms with E-state index in [0.29, 0.717) is 48.0 Å². The number of nitriles is 1. The van der Waals surface area contributed by atoms with Crippen molar-refractivity contribution in [2.24, 2.45) is 11.7 Å². The molecule has 5 aromatic rings. The van der Waals surface area contributed by atoms with Crippen molar-refractivity contribution >= 4 is 16.8 Å². The Hall–Kier alpha value is -4.55. The molecule has 6 rings (SSSR count). The highest BCUT2D eigenvalue weighted by molar-refractivity contribution is 5.81. The fourth-order valence-corrected chi connectivity index (χ4v) is 5.06. The Morgan fingerprint density at radius 3 is 2.66 bits per heavy atom. The van der Waals surface area contributed by atoms with E-state index in [9.17, 15) is 10.1 Å². The summed E-state index contributed by atoms with van der Waals surface area (Å²) in [6.07, 6.45) is 9.42. The number of hydrogen-bond donors (Lipinski definition) is 1. The van der Waals surface area contributed by atoms with Crippen LogP contribution >= 0.6 is 0 Å². The maximum atomic E-state index is 12.8. The van der Waals surface area contributed by atoms with Gasteiger partial charge in [-0.15, -0.1) is 0 Å². The second kappa shape index (κ2) is 10.1. The van der Waals surface area contributed by atoms with Crippen LogP contribution in [-0.4, -0.2) is 36.6 Å². The first-order chi connectivity index (χ1) is 18.6. The first kappa shape index (κ1) is 23.8. The van der Waals surface area contributed by atoms with E-state index in [0.717, 1.165) is 47.8 Å². The van der Waals surface area contributed by atoms with Crippen molar-refractivity contribution in [2.45, 2.75) is 38.3 Å². The van der Waals surface area contributed by atoms with Crippen LogP contribution in [0.25, 0.3) is 28.2 Å². The lowest BCUT2D eigenvalue weighted by Crippen LogP contribution is -2.28. The first-order valence-electron chi connectivity index (χ1n) is 12.8. The van der Waals surface area contributed by atoms with Gasteiger partial charge in [-0.1, -0.05) is 18.2 Å². The predicted molar refractivity (Wildman–Crippen MR) is 144 cm³/mol. The van der Waals surface area contributed by atoms with Gasteiger partial charge in [0.05, 0.1) is 48.2 Å². The van der Waals surface area contributed by atoms with E-state index in [1.807, 2.05) is 28.7 Å². The van der Waals surface area contributed by atoms with E-state index in [-0.39, 0.29) is 5.56 Å². The largest absolute Gasteiger partial charge is 0.490 e. The van der Waals surface area contributed by atoms with Crippen molar-refractivity contribution in [3.8, 4) is 23.2 Å². The maximum Gasteiger partial charge on any atom is 0.255 e. The van der Waals surface area contributed by atoms with Gasteiger partial charge in [0, 0.05) is 23.9 Å². The van der Waals surface area contributed by atoms with Crippen LogP contribution < -0.4 is 16.0 Å². The van der Waals surface area contributed by atoms with Crippen molar-refractivity contribution in [2.75, 3.05) is 6.61 Å². The summed E-state index contributed by atoms with van der Waals surface area (Å²) in [5.74, 6) is 2.29. The zero-order valence-corrected chi connectivity index (χ0v) is 20.8. The van der Waals surface area contributed by atoms with Gasteiger partial charge < -0.3 is 10.5 Å². The van der Waals surface area contributed by atoms with Gasteiger partial charge in [0.25, 0.3) is 5.56 Å². The molecule has 0 saturated heterocycles. The summed E-state index contributed by atoms with van der Waals surface area (Å²) < 4.78 is 9.40. The highest BCUT2D eigenvalue weighted by atomic mass is 16.5. The quantitative estimate of drug-likeness (QED) is 0.371. The molecule has 3 aromatic heterocycles. The van der Waals surface area contributed by atoms with E-state index < -0.39 is 0 Å². The third-order valence-corrected chi connectivity index (χ3v) is 7.20. The summed E-state index contributed by atoms with van der Waals surface area (Å²) in [5.41, 5.74) is 9.65. The van der Waals surface area contributed by atoms with Crippen LogP contribution in [0, 0.1) is 17.2 Å². The molecular weight excluding hydrogens is 478 g/mol. The SMILES string of the molecule is N#Cc1ccc2nc3n(Cc4cccc(-c5ncc(OC[C@H]6CC[C@H](N)CC6)cn5)c4)c(=O)ccn3c2c1. The fraction of sp³-hybridized carbons (Fsp3) is 0.276. The number of nitrogens with zero attached hydrogens (tertiary/aromatic N) is 6. The average Bonchev–Trinajstić information content (AvgIpc) is 3.33. The minimum absolute atomic E-state index is 0.156. The van der Waals surface area contributed by atoms with Crippen molar-refractivity contribution in [3.63, 3.8) is 0 Å². The van der Waals surface area contributed by atoms with E-state index in [1.165, 1.54) is 6.07 Å². The first-order valence-corrected chi connectivity index (χ1v) is 12.8. The number of benzene rings is 2. The lowest BCUT2D eigenvalue weighted by atomic mass is 9.87. The van der Waals surface area contributed by atoms with Gasteiger partial charge in [0.1, 0.15) is 0 Å². The van der Waals surface area contributed by atoms with E-state index >= 15 is 0 Å². The standard InChI is InChI=1S/C29H27N7O2/c30-14-20-6-9-25-26(13-20)35-11-10-27(37)36(29(35)34-25)17-21-2-1-3-22(12-21)28-32-15-24(16-33-28)38-18-19-4-7-23(31)8-5-19/h1-3,6,9-13,15-16,19,23H,4-5,7-8,17-18,31H2/t19-,23-. The third kappa shape index (κ3) is 4.74. The average molecular weight is 506 g/mol. The van der Waals surface area contributed by atoms with Gasteiger partial charge in [0.2, 0.25) is 5.78 Å². The van der Waals surface area contributed by atoms with E-state index in [1.54, 1.807) is 41.4 Å². The number of fused-ring (bicyclic) bond motifs is 3. The molecule has 0 radical (unpaired) electrons. The van der Waals surface area contributed by atoms with Crippen LogP contribution in [0.3, 0.4) is 0 Å². The summed E-state index contributed by atoms with van der Waals surface area (Å²) in [5, 5.41) is 9.27. The van der Waals surface area contributed by atoms with Gasteiger partial charge in [-0.3, -0.25) is 13.8 Å². The lowest BCUT2D eigenvalue weighted by molar-refractivity contribution is 0.199. The molecule has 1 aliphatic rings. The van der Waals surface area contributed by atoms with Crippen LogP contribution in [0.1, 0.15) is 36.8 Å². The number of nitrogens with two attached hydrogens (primary N) is 1. The Morgan fingerprint density at radius 1 is 1.05 bits per heavy atom. The Bertz CT molecular complexity index is 1710. The van der Waals surface area contributed by atoms with Gasteiger partial charge >= 0.3 is 0 Å². The van der Waals surface area contributed by atoms with Crippen LogP contribution in [0.2, 0.25) is 0 Å². The number of aromatic nitrogens is 5. The zero-order chi connectivity index (χ0) is 26.1. The Kier molecular flexibility index (Phi) is 6.32. The Morgan fingerprint density at radius 2 is 1.87 bits per heavy atom.